The van der Waals surface area contributed by atoms with Crippen LogP contribution in [0, 0.1) is 0 Å². The first-order chi connectivity index (χ1) is 12.9. The van der Waals surface area contributed by atoms with E-state index >= 15 is 0 Å². The van der Waals surface area contributed by atoms with E-state index in [1.165, 1.54) is 18.9 Å². The Morgan fingerprint density at radius 2 is 1.81 bits per heavy atom. The van der Waals surface area contributed by atoms with Crippen LogP contribution in [-0.2, 0) is 18.9 Å². The first kappa shape index (κ1) is 20.6. The first-order valence-electron chi connectivity index (χ1n) is 8.20. The second kappa shape index (κ2) is 9.31. The molecule has 1 aliphatic rings. The smallest absolute Gasteiger partial charge is 0.437 e. The van der Waals surface area contributed by atoms with E-state index in [9.17, 15) is 9.59 Å². The van der Waals surface area contributed by atoms with Crippen LogP contribution in [-0.4, -0.2) is 37.3 Å². The van der Waals surface area contributed by atoms with Crippen molar-refractivity contribution in [2.24, 2.45) is 0 Å². The Bertz CT molecular complexity index is 790. The van der Waals surface area contributed by atoms with Crippen molar-refractivity contribution >= 4 is 24.1 Å². The van der Waals surface area contributed by atoms with Crippen LogP contribution in [0.4, 0.5) is 9.59 Å². The van der Waals surface area contributed by atoms with E-state index in [1.807, 2.05) is 12.3 Å². The van der Waals surface area contributed by atoms with E-state index in [4.69, 9.17) is 14.2 Å². The molecule has 1 N–H and O–H groups in total. The third-order valence-electron chi connectivity index (χ3n) is 3.76. The van der Waals surface area contributed by atoms with Gasteiger partial charge in [0.25, 0.3) is 0 Å². The van der Waals surface area contributed by atoms with Gasteiger partial charge < -0.3 is 24.3 Å². The Labute approximate surface area is 161 Å². The maximum atomic E-state index is 12.0. The Morgan fingerprint density at radius 3 is 2.37 bits per heavy atom. The minimum atomic E-state index is -0.874. The monoisotopic (exact) mass is 394 g/mol. The lowest BCUT2D eigenvalue weighted by molar-refractivity contribution is 0.0694. The van der Waals surface area contributed by atoms with Gasteiger partial charge in [-0.05, 0) is 33.1 Å². The predicted molar refractivity (Wildman–Crippen MR) is 98.9 cm³/mol. The summed E-state index contributed by atoms with van der Waals surface area (Å²) in [6, 6.07) is 3.60. The topological polar surface area (TPSA) is 96.0 Å². The van der Waals surface area contributed by atoms with Gasteiger partial charge in [-0.25, -0.2) is 14.6 Å². The number of carbonyl (C=O) groups is 2. The van der Waals surface area contributed by atoms with Crippen molar-refractivity contribution in [2.75, 3.05) is 20.0 Å². The zero-order valence-electron chi connectivity index (χ0n) is 15.8. The summed E-state index contributed by atoms with van der Waals surface area (Å²) in [6.45, 7) is 5.37. The van der Waals surface area contributed by atoms with Crippen LogP contribution in [0.25, 0.3) is 0 Å². The molecule has 0 fully saturated rings. The number of rotatable bonds is 5. The number of ether oxygens (including phenoxy) is 4. The van der Waals surface area contributed by atoms with Gasteiger partial charge >= 0.3 is 12.3 Å². The number of hydrogen-bond acceptors (Lipinski definition) is 9. The Hall–Kier alpha value is -2.68. The molecule has 0 radical (unpaired) electrons. The lowest BCUT2D eigenvalue weighted by Gasteiger charge is -2.30. The number of thioether (sulfide) groups is 1. The number of nitrogens with one attached hydrogen (secondary N) is 1. The average Bonchev–Trinajstić information content (AvgIpc) is 2.65. The summed E-state index contributed by atoms with van der Waals surface area (Å²) in [5, 5.41) is 3.77. The molecule has 1 atom stereocenters. The Kier molecular flexibility index (Phi) is 7.12. The van der Waals surface area contributed by atoms with E-state index in [0.29, 0.717) is 16.4 Å². The minimum absolute atomic E-state index is 0.173. The summed E-state index contributed by atoms with van der Waals surface area (Å²) in [6.07, 6.45) is 1.83. The van der Waals surface area contributed by atoms with Crippen molar-refractivity contribution in [1.29, 1.82) is 0 Å². The second-order valence-corrected chi connectivity index (χ2v) is 6.27. The van der Waals surface area contributed by atoms with Gasteiger partial charge in [0.15, 0.2) is 0 Å². The SMILES string of the molecule is CCOC(=O)OC1=C(C)NC(C)=C(OC(=O)OC)C1c1cccnc1SC. The molecule has 27 heavy (non-hydrogen) atoms. The highest BCUT2D eigenvalue weighted by Gasteiger charge is 2.37. The molecule has 1 aromatic heterocycles. The number of dihydropyridines is 1. The van der Waals surface area contributed by atoms with Gasteiger partial charge in [0.1, 0.15) is 22.5 Å². The summed E-state index contributed by atoms with van der Waals surface area (Å²) < 4.78 is 20.4. The number of hydrogen-bond donors (Lipinski definition) is 1. The first-order valence-corrected chi connectivity index (χ1v) is 9.43. The molecule has 1 aliphatic heterocycles. The third kappa shape index (κ3) is 4.73. The fourth-order valence-corrected chi connectivity index (χ4v) is 3.26. The van der Waals surface area contributed by atoms with Crippen molar-refractivity contribution < 1.29 is 28.5 Å². The predicted octanol–water partition coefficient (Wildman–Crippen LogP) is 3.91. The molecule has 1 aromatic rings. The maximum Gasteiger partial charge on any atom is 0.513 e. The lowest BCUT2D eigenvalue weighted by atomic mass is 9.91. The normalized spacial score (nSPS) is 16.6. The number of nitrogens with zero attached hydrogens (tertiary/aromatic N) is 1. The molecule has 0 aromatic carbocycles. The number of pyridine rings is 1. The molecule has 8 nitrogen and oxygen atoms in total. The maximum absolute atomic E-state index is 12.0. The highest BCUT2D eigenvalue weighted by atomic mass is 32.2. The van der Waals surface area contributed by atoms with Crippen LogP contribution in [0.3, 0.4) is 0 Å². The standard InChI is InChI=1S/C18H22N2O6S/c1-6-24-18(22)26-15-11(3)20-10(2)14(25-17(21)23-4)13(15)12-8-7-9-19-16(12)27-5/h7-9,13,20H,6H2,1-5H3. The van der Waals surface area contributed by atoms with Crippen molar-refractivity contribution in [3.8, 4) is 0 Å². The van der Waals surface area contributed by atoms with Crippen LogP contribution < -0.4 is 5.32 Å². The molecule has 0 bridgehead atoms. The van der Waals surface area contributed by atoms with Crippen molar-refractivity contribution in [1.82, 2.24) is 10.3 Å². The molecule has 0 saturated heterocycles. The van der Waals surface area contributed by atoms with Gasteiger partial charge in [-0.15, -0.1) is 11.8 Å². The number of allylic oxidation sites excluding steroid dienone is 2. The van der Waals surface area contributed by atoms with E-state index in [2.05, 4.69) is 15.0 Å². The fourth-order valence-electron chi connectivity index (χ4n) is 2.67. The van der Waals surface area contributed by atoms with E-state index in [1.54, 1.807) is 33.0 Å². The number of carbonyl (C=O) groups excluding carboxylic acids is 2. The molecule has 0 saturated carbocycles. The van der Waals surface area contributed by atoms with Crippen molar-refractivity contribution in [2.45, 2.75) is 31.7 Å². The third-order valence-corrected chi connectivity index (χ3v) is 4.49. The second-order valence-electron chi connectivity index (χ2n) is 5.48. The summed E-state index contributed by atoms with van der Waals surface area (Å²) >= 11 is 1.43. The molecular weight excluding hydrogens is 372 g/mol. The fraction of sp³-hybridized carbons (Fsp3) is 0.389. The van der Waals surface area contributed by atoms with Gasteiger partial charge in [-0.1, -0.05) is 6.07 Å². The minimum Gasteiger partial charge on any atom is -0.437 e. The van der Waals surface area contributed by atoms with Gasteiger partial charge in [-0.3, -0.25) is 0 Å². The molecule has 0 aliphatic carbocycles. The van der Waals surface area contributed by atoms with E-state index in [0.717, 1.165) is 5.56 Å². The van der Waals surface area contributed by atoms with Gasteiger partial charge in [0, 0.05) is 11.8 Å². The zero-order chi connectivity index (χ0) is 20.0. The highest BCUT2D eigenvalue weighted by Crippen LogP contribution is 2.42. The van der Waals surface area contributed by atoms with Crippen LogP contribution in [0.1, 0.15) is 32.3 Å². The van der Waals surface area contributed by atoms with E-state index in [-0.39, 0.29) is 18.1 Å². The molecular formula is C18H22N2O6S. The molecule has 0 spiro atoms. The lowest BCUT2D eigenvalue weighted by Crippen LogP contribution is -2.29. The summed E-state index contributed by atoms with van der Waals surface area (Å²) in [5.74, 6) is -0.151. The summed E-state index contributed by atoms with van der Waals surface area (Å²) in [5.41, 5.74) is 1.91. The van der Waals surface area contributed by atoms with Crippen LogP contribution in [0.2, 0.25) is 0 Å². The Balaban J connectivity index is 2.57. The highest BCUT2D eigenvalue weighted by molar-refractivity contribution is 7.98. The summed E-state index contributed by atoms with van der Waals surface area (Å²) in [4.78, 5) is 28.1. The van der Waals surface area contributed by atoms with Crippen molar-refractivity contribution in [3.63, 3.8) is 0 Å². The molecule has 146 valence electrons. The summed E-state index contributed by atoms with van der Waals surface area (Å²) in [7, 11) is 1.22. The van der Waals surface area contributed by atoms with Gasteiger partial charge in [0.05, 0.1) is 25.1 Å². The molecule has 9 heteroatoms. The van der Waals surface area contributed by atoms with Gasteiger partial charge in [0.2, 0.25) is 0 Å². The van der Waals surface area contributed by atoms with Crippen LogP contribution in [0.5, 0.6) is 0 Å². The Morgan fingerprint density at radius 1 is 1.19 bits per heavy atom. The largest absolute Gasteiger partial charge is 0.513 e. The van der Waals surface area contributed by atoms with Crippen LogP contribution >= 0.6 is 11.8 Å². The van der Waals surface area contributed by atoms with Gasteiger partial charge in [-0.2, -0.15) is 0 Å². The molecule has 2 heterocycles. The van der Waals surface area contributed by atoms with E-state index < -0.39 is 18.2 Å². The van der Waals surface area contributed by atoms with Crippen LogP contribution in [0.15, 0.2) is 46.3 Å². The number of aromatic nitrogens is 1. The molecule has 0 amide bonds. The molecule has 2 rings (SSSR count). The average molecular weight is 394 g/mol. The zero-order valence-corrected chi connectivity index (χ0v) is 16.6. The molecule has 1 unspecified atom stereocenters. The number of methoxy groups -OCH3 is 1. The quantitative estimate of drug-likeness (QED) is 0.589. The van der Waals surface area contributed by atoms with Crippen molar-refractivity contribution in [3.05, 3.63) is 46.8 Å².